The van der Waals surface area contributed by atoms with Gasteiger partial charge in [-0.2, -0.15) is 0 Å². The standard InChI is InChI=1S/C17H26N4/c1-18-17(19-12-14-6-5-10-20(2)13-14)21-11-9-15-7-3-4-8-16(15)21/h3-4,7-8,14H,5-6,9-13H2,1-2H3,(H,18,19). The van der Waals surface area contributed by atoms with Gasteiger partial charge in [0.15, 0.2) is 5.96 Å². The van der Waals surface area contributed by atoms with Gasteiger partial charge in [-0.1, -0.05) is 18.2 Å². The molecule has 2 heterocycles. The largest absolute Gasteiger partial charge is 0.356 e. The normalized spacial score (nSPS) is 23.2. The van der Waals surface area contributed by atoms with Crippen molar-refractivity contribution in [3.8, 4) is 0 Å². The second kappa shape index (κ2) is 6.48. The summed E-state index contributed by atoms with van der Waals surface area (Å²) in [6.07, 6.45) is 3.75. The van der Waals surface area contributed by atoms with E-state index in [0.717, 1.165) is 31.4 Å². The van der Waals surface area contributed by atoms with Gasteiger partial charge in [0.05, 0.1) is 0 Å². The van der Waals surface area contributed by atoms with Gasteiger partial charge in [-0.05, 0) is 50.4 Å². The van der Waals surface area contributed by atoms with Crippen molar-refractivity contribution in [3.63, 3.8) is 0 Å². The van der Waals surface area contributed by atoms with Crippen LogP contribution in [0.4, 0.5) is 5.69 Å². The minimum Gasteiger partial charge on any atom is -0.356 e. The summed E-state index contributed by atoms with van der Waals surface area (Å²) < 4.78 is 0. The van der Waals surface area contributed by atoms with Gasteiger partial charge in [-0.3, -0.25) is 4.99 Å². The Balaban J connectivity index is 1.62. The number of hydrogen-bond donors (Lipinski definition) is 1. The van der Waals surface area contributed by atoms with Crippen LogP contribution in [0.15, 0.2) is 29.3 Å². The first-order valence-electron chi connectivity index (χ1n) is 8.02. The van der Waals surface area contributed by atoms with E-state index < -0.39 is 0 Å². The molecule has 1 aromatic rings. The molecule has 114 valence electrons. The molecule has 1 unspecified atom stereocenters. The third-order valence-electron chi connectivity index (χ3n) is 4.63. The average molecular weight is 286 g/mol. The Morgan fingerprint density at radius 2 is 2.19 bits per heavy atom. The fourth-order valence-electron chi connectivity index (χ4n) is 3.53. The summed E-state index contributed by atoms with van der Waals surface area (Å²) in [6.45, 7) is 4.49. The van der Waals surface area contributed by atoms with E-state index >= 15 is 0 Å². The number of fused-ring (bicyclic) bond motifs is 1. The van der Waals surface area contributed by atoms with E-state index in [1.54, 1.807) is 0 Å². The number of likely N-dealkylation sites (tertiary alicyclic amines) is 1. The topological polar surface area (TPSA) is 30.9 Å². The molecule has 1 aromatic carbocycles. The molecule has 0 aliphatic carbocycles. The maximum Gasteiger partial charge on any atom is 0.198 e. The summed E-state index contributed by atoms with van der Waals surface area (Å²) in [4.78, 5) is 9.25. The Kier molecular flexibility index (Phi) is 4.44. The van der Waals surface area contributed by atoms with Gasteiger partial charge in [0, 0.05) is 32.4 Å². The van der Waals surface area contributed by atoms with Crippen LogP contribution in [-0.2, 0) is 6.42 Å². The maximum atomic E-state index is 4.49. The first-order chi connectivity index (χ1) is 10.3. The maximum absolute atomic E-state index is 4.49. The Hall–Kier alpha value is -1.55. The predicted molar refractivity (Wildman–Crippen MR) is 89.1 cm³/mol. The van der Waals surface area contributed by atoms with Gasteiger partial charge < -0.3 is 15.1 Å². The van der Waals surface area contributed by atoms with E-state index in [4.69, 9.17) is 0 Å². The summed E-state index contributed by atoms with van der Waals surface area (Å²) in [5.74, 6) is 1.76. The summed E-state index contributed by atoms with van der Waals surface area (Å²) in [5.41, 5.74) is 2.74. The number of nitrogens with zero attached hydrogens (tertiary/aromatic N) is 3. The van der Waals surface area contributed by atoms with Gasteiger partial charge in [-0.25, -0.2) is 0 Å². The van der Waals surface area contributed by atoms with Crippen LogP contribution in [0.1, 0.15) is 18.4 Å². The van der Waals surface area contributed by atoms with E-state index in [2.05, 4.69) is 51.4 Å². The molecular weight excluding hydrogens is 260 g/mol. The van der Waals surface area contributed by atoms with Gasteiger partial charge in [-0.15, -0.1) is 0 Å². The number of benzene rings is 1. The molecule has 0 bridgehead atoms. The first-order valence-corrected chi connectivity index (χ1v) is 8.02. The van der Waals surface area contributed by atoms with Crippen LogP contribution in [0, 0.1) is 5.92 Å². The third-order valence-corrected chi connectivity index (χ3v) is 4.63. The number of anilines is 1. The zero-order chi connectivity index (χ0) is 14.7. The molecule has 3 rings (SSSR count). The molecular formula is C17H26N4. The van der Waals surface area contributed by atoms with Crippen molar-refractivity contribution < 1.29 is 0 Å². The van der Waals surface area contributed by atoms with Gasteiger partial charge in [0.2, 0.25) is 0 Å². The minimum absolute atomic E-state index is 0.735. The zero-order valence-electron chi connectivity index (χ0n) is 13.2. The van der Waals surface area contributed by atoms with Crippen molar-refractivity contribution in [2.75, 3.05) is 45.2 Å². The second-order valence-corrected chi connectivity index (χ2v) is 6.23. The molecule has 4 nitrogen and oxygen atoms in total. The highest BCUT2D eigenvalue weighted by atomic mass is 15.3. The number of rotatable bonds is 2. The van der Waals surface area contributed by atoms with Crippen LogP contribution in [0.3, 0.4) is 0 Å². The Morgan fingerprint density at radius 3 is 3.00 bits per heavy atom. The Bertz CT molecular complexity index is 511. The zero-order valence-corrected chi connectivity index (χ0v) is 13.2. The van der Waals surface area contributed by atoms with E-state index in [1.165, 1.54) is 37.2 Å². The minimum atomic E-state index is 0.735. The van der Waals surface area contributed by atoms with Crippen LogP contribution < -0.4 is 10.2 Å². The van der Waals surface area contributed by atoms with E-state index in [9.17, 15) is 0 Å². The quantitative estimate of drug-likeness (QED) is 0.666. The lowest BCUT2D eigenvalue weighted by Crippen LogP contribution is -2.45. The molecule has 1 atom stereocenters. The SMILES string of the molecule is CN=C(NCC1CCCN(C)C1)N1CCc2ccccc21. The highest BCUT2D eigenvalue weighted by molar-refractivity contribution is 5.97. The molecule has 1 N–H and O–H groups in total. The third kappa shape index (κ3) is 3.21. The number of hydrogen-bond acceptors (Lipinski definition) is 2. The smallest absolute Gasteiger partial charge is 0.198 e. The van der Waals surface area contributed by atoms with E-state index in [-0.39, 0.29) is 0 Å². The Labute approximate surface area is 127 Å². The lowest BCUT2D eigenvalue weighted by Gasteiger charge is -2.31. The summed E-state index contributed by atoms with van der Waals surface area (Å²) >= 11 is 0. The van der Waals surface area contributed by atoms with Crippen molar-refractivity contribution in [1.29, 1.82) is 0 Å². The number of para-hydroxylation sites is 1. The van der Waals surface area contributed by atoms with Crippen molar-refractivity contribution in [2.45, 2.75) is 19.3 Å². The van der Waals surface area contributed by atoms with Crippen LogP contribution in [0.25, 0.3) is 0 Å². The summed E-state index contributed by atoms with van der Waals surface area (Å²) in [6, 6.07) is 8.65. The molecule has 2 aliphatic rings. The summed E-state index contributed by atoms with van der Waals surface area (Å²) in [7, 11) is 4.11. The molecule has 2 aliphatic heterocycles. The molecule has 0 aromatic heterocycles. The predicted octanol–water partition coefficient (Wildman–Crippen LogP) is 1.97. The molecule has 0 amide bonds. The van der Waals surface area contributed by atoms with E-state index in [1.807, 2.05) is 7.05 Å². The molecule has 0 saturated carbocycles. The van der Waals surface area contributed by atoms with Gasteiger partial charge in [0.1, 0.15) is 0 Å². The average Bonchev–Trinajstić information content (AvgIpc) is 2.92. The molecule has 4 heteroatoms. The molecule has 21 heavy (non-hydrogen) atoms. The van der Waals surface area contributed by atoms with Crippen molar-refractivity contribution in [2.24, 2.45) is 10.9 Å². The van der Waals surface area contributed by atoms with Crippen LogP contribution in [-0.4, -0.2) is 51.1 Å². The highest BCUT2D eigenvalue weighted by Gasteiger charge is 2.23. The van der Waals surface area contributed by atoms with Gasteiger partial charge >= 0.3 is 0 Å². The van der Waals surface area contributed by atoms with Crippen molar-refractivity contribution in [1.82, 2.24) is 10.2 Å². The fraction of sp³-hybridized carbons (Fsp3) is 0.588. The molecule has 1 saturated heterocycles. The van der Waals surface area contributed by atoms with Crippen molar-refractivity contribution >= 4 is 11.6 Å². The Morgan fingerprint density at radius 1 is 1.33 bits per heavy atom. The van der Waals surface area contributed by atoms with Crippen LogP contribution in [0.5, 0.6) is 0 Å². The van der Waals surface area contributed by atoms with Gasteiger partial charge in [0.25, 0.3) is 0 Å². The van der Waals surface area contributed by atoms with Crippen LogP contribution >= 0.6 is 0 Å². The molecule has 1 fully saturated rings. The molecule has 0 spiro atoms. The fourth-order valence-corrected chi connectivity index (χ4v) is 3.53. The second-order valence-electron chi connectivity index (χ2n) is 6.23. The highest BCUT2D eigenvalue weighted by Crippen LogP contribution is 2.27. The monoisotopic (exact) mass is 286 g/mol. The first kappa shape index (κ1) is 14.4. The number of aliphatic imine (C=N–C) groups is 1. The van der Waals surface area contributed by atoms with Crippen LogP contribution in [0.2, 0.25) is 0 Å². The molecule has 0 radical (unpaired) electrons. The lowest BCUT2D eigenvalue weighted by molar-refractivity contribution is 0.210. The number of piperidine rings is 1. The van der Waals surface area contributed by atoms with Crippen molar-refractivity contribution in [3.05, 3.63) is 29.8 Å². The van der Waals surface area contributed by atoms with E-state index in [0.29, 0.717) is 0 Å². The number of nitrogens with one attached hydrogen (secondary N) is 1. The summed E-state index contributed by atoms with van der Waals surface area (Å²) in [5, 5.41) is 3.59. The number of guanidine groups is 1. The lowest BCUT2D eigenvalue weighted by atomic mass is 9.98.